The third-order valence-electron chi connectivity index (χ3n) is 7.30. The van der Waals surface area contributed by atoms with E-state index in [1.165, 1.54) is 0 Å². The largest absolute Gasteiger partial charge is 0.334 e. The van der Waals surface area contributed by atoms with Crippen LogP contribution in [0, 0.1) is 11.8 Å². The highest BCUT2D eigenvalue weighted by molar-refractivity contribution is 6.14. The summed E-state index contributed by atoms with van der Waals surface area (Å²) in [5, 5.41) is 2.99. The second kappa shape index (κ2) is 12.9. The van der Waals surface area contributed by atoms with Crippen LogP contribution in [-0.4, -0.2) is 22.5 Å². The number of hydrogen-bond acceptors (Lipinski definition) is 3. The summed E-state index contributed by atoms with van der Waals surface area (Å²) in [5.41, 5.74) is 3.49. The Labute approximate surface area is 235 Å². The molecule has 5 heteroatoms. The molecule has 2 atom stereocenters. The van der Waals surface area contributed by atoms with Gasteiger partial charge in [-0.3, -0.25) is 14.4 Å². The lowest BCUT2D eigenvalue weighted by atomic mass is 9.81. The fourth-order valence-corrected chi connectivity index (χ4v) is 5.19. The first-order valence-electron chi connectivity index (χ1n) is 13.6. The van der Waals surface area contributed by atoms with Crippen LogP contribution in [0.1, 0.15) is 39.9 Å². The van der Waals surface area contributed by atoms with E-state index in [1.54, 1.807) is 36.4 Å². The first kappa shape index (κ1) is 26.8. The summed E-state index contributed by atoms with van der Waals surface area (Å²) in [6.45, 7) is 0.912. The van der Waals surface area contributed by atoms with Gasteiger partial charge in [-0.25, -0.2) is 0 Å². The van der Waals surface area contributed by atoms with Gasteiger partial charge in [0, 0.05) is 24.2 Å². The summed E-state index contributed by atoms with van der Waals surface area (Å²) < 4.78 is 0. The van der Waals surface area contributed by atoms with E-state index in [0.29, 0.717) is 42.7 Å². The van der Waals surface area contributed by atoms with Gasteiger partial charge in [0.25, 0.3) is 0 Å². The van der Waals surface area contributed by atoms with Gasteiger partial charge in [0.05, 0.1) is 17.5 Å². The van der Waals surface area contributed by atoms with Crippen molar-refractivity contribution in [2.24, 2.45) is 11.8 Å². The van der Waals surface area contributed by atoms with Crippen molar-refractivity contribution in [3.05, 3.63) is 150 Å². The number of rotatable bonds is 9. The summed E-state index contributed by atoms with van der Waals surface area (Å²) in [6.07, 6.45) is 4.90. The molecule has 4 aromatic carbocycles. The molecule has 0 radical (unpaired) electrons. The Morgan fingerprint density at radius 3 is 1.73 bits per heavy atom. The molecule has 0 fully saturated rings. The Bertz CT molecular complexity index is 1440. The quantitative estimate of drug-likeness (QED) is 0.195. The smallest absolute Gasteiger partial charge is 0.228 e. The van der Waals surface area contributed by atoms with Crippen molar-refractivity contribution < 1.29 is 14.4 Å². The van der Waals surface area contributed by atoms with Crippen LogP contribution in [-0.2, 0) is 22.7 Å². The standard InChI is InChI=1S/C35H32N2O3/c38-33(28-18-8-3-9-19-28)31-22-12-13-23-32(31)36-34(39)29-20-10-11-21-30(29)35(40)37(24-26-14-4-1-5-15-26)25-27-16-6-2-7-17-27/h1-19,22-23,29-30H,20-21,24-25H2,(H,36,39). The summed E-state index contributed by atoms with van der Waals surface area (Å²) in [5.74, 6) is -1.52. The van der Waals surface area contributed by atoms with Gasteiger partial charge in [0.15, 0.2) is 5.78 Å². The fraction of sp³-hybridized carbons (Fsp3) is 0.171. The van der Waals surface area contributed by atoms with Gasteiger partial charge >= 0.3 is 0 Å². The third kappa shape index (κ3) is 6.44. The molecular formula is C35H32N2O3. The van der Waals surface area contributed by atoms with E-state index in [9.17, 15) is 14.4 Å². The van der Waals surface area contributed by atoms with E-state index in [1.807, 2.05) is 95.9 Å². The minimum absolute atomic E-state index is 0.0501. The van der Waals surface area contributed by atoms with Crippen molar-refractivity contribution in [2.75, 3.05) is 5.32 Å². The molecule has 4 aromatic rings. The number of nitrogens with zero attached hydrogens (tertiary/aromatic N) is 1. The zero-order valence-corrected chi connectivity index (χ0v) is 22.3. The fourth-order valence-electron chi connectivity index (χ4n) is 5.19. The van der Waals surface area contributed by atoms with Crippen molar-refractivity contribution >= 4 is 23.3 Å². The van der Waals surface area contributed by atoms with E-state index < -0.39 is 11.8 Å². The van der Waals surface area contributed by atoms with Crippen LogP contribution in [0.2, 0.25) is 0 Å². The predicted octanol–water partition coefficient (Wildman–Crippen LogP) is 6.67. The average Bonchev–Trinajstić information content (AvgIpc) is 3.02. The van der Waals surface area contributed by atoms with E-state index in [-0.39, 0.29) is 17.6 Å². The second-order valence-electron chi connectivity index (χ2n) is 10.1. The molecule has 0 aliphatic heterocycles. The van der Waals surface area contributed by atoms with E-state index >= 15 is 0 Å². The molecule has 40 heavy (non-hydrogen) atoms. The average molecular weight is 529 g/mol. The molecule has 0 saturated heterocycles. The molecule has 2 amide bonds. The number of hydrogen-bond donors (Lipinski definition) is 1. The van der Waals surface area contributed by atoms with E-state index in [0.717, 1.165) is 11.1 Å². The molecule has 0 bridgehead atoms. The molecule has 0 heterocycles. The van der Waals surface area contributed by atoms with Gasteiger partial charge in [-0.05, 0) is 36.1 Å². The first-order valence-corrected chi connectivity index (χ1v) is 13.6. The van der Waals surface area contributed by atoms with Gasteiger partial charge < -0.3 is 10.2 Å². The van der Waals surface area contributed by atoms with Crippen LogP contribution in [0.5, 0.6) is 0 Å². The lowest BCUT2D eigenvalue weighted by molar-refractivity contribution is -0.142. The van der Waals surface area contributed by atoms with Crippen LogP contribution in [0.25, 0.3) is 0 Å². The Morgan fingerprint density at radius 1 is 0.625 bits per heavy atom. The third-order valence-corrected chi connectivity index (χ3v) is 7.30. The molecule has 1 N–H and O–H groups in total. The molecular weight excluding hydrogens is 496 g/mol. The van der Waals surface area contributed by atoms with Crippen LogP contribution in [0.4, 0.5) is 5.69 Å². The van der Waals surface area contributed by atoms with Gasteiger partial charge in [-0.15, -0.1) is 0 Å². The maximum Gasteiger partial charge on any atom is 0.228 e. The topological polar surface area (TPSA) is 66.5 Å². The molecule has 2 unspecified atom stereocenters. The number of carbonyl (C=O) groups excluding carboxylic acids is 3. The van der Waals surface area contributed by atoms with Crippen molar-refractivity contribution in [3.8, 4) is 0 Å². The Hall–Kier alpha value is -4.77. The highest BCUT2D eigenvalue weighted by atomic mass is 16.2. The lowest BCUT2D eigenvalue weighted by Crippen LogP contribution is -2.42. The van der Waals surface area contributed by atoms with Crippen LogP contribution < -0.4 is 5.32 Å². The summed E-state index contributed by atoms with van der Waals surface area (Å²) >= 11 is 0. The highest BCUT2D eigenvalue weighted by Gasteiger charge is 2.37. The molecule has 0 aromatic heterocycles. The number of nitrogens with one attached hydrogen (secondary N) is 1. The van der Waals surface area contributed by atoms with Gasteiger partial charge in [0.1, 0.15) is 0 Å². The zero-order valence-electron chi connectivity index (χ0n) is 22.3. The monoisotopic (exact) mass is 528 g/mol. The number of allylic oxidation sites excluding steroid dienone is 2. The number of benzene rings is 4. The van der Waals surface area contributed by atoms with Gasteiger partial charge in [-0.1, -0.05) is 115 Å². The van der Waals surface area contributed by atoms with Gasteiger partial charge in [0.2, 0.25) is 11.8 Å². The van der Waals surface area contributed by atoms with Crippen molar-refractivity contribution in [1.29, 1.82) is 0 Å². The highest BCUT2D eigenvalue weighted by Crippen LogP contribution is 2.31. The molecule has 1 aliphatic carbocycles. The molecule has 5 nitrogen and oxygen atoms in total. The number of ketones is 1. The van der Waals surface area contributed by atoms with Crippen LogP contribution in [0.3, 0.4) is 0 Å². The molecule has 0 spiro atoms. The lowest BCUT2D eigenvalue weighted by Gasteiger charge is -2.32. The van der Waals surface area contributed by atoms with Gasteiger partial charge in [-0.2, -0.15) is 0 Å². The summed E-state index contributed by atoms with van der Waals surface area (Å²) in [6, 6.07) is 35.9. The number of anilines is 1. The normalized spacial score (nSPS) is 16.2. The summed E-state index contributed by atoms with van der Waals surface area (Å²) in [4.78, 5) is 42.9. The SMILES string of the molecule is O=C(c1ccccc1)c1ccccc1NC(=O)C1CC=CCC1C(=O)N(Cc1ccccc1)Cc1ccccc1. The van der Waals surface area contributed by atoms with Crippen LogP contribution in [0.15, 0.2) is 127 Å². The Kier molecular flexibility index (Phi) is 8.62. The van der Waals surface area contributed by atoms with Crippen molar-refractivity contribution in [3.63, 3.8) is 0 Å². The molecule has 5 rings (SSSR count). The molecule has 1 aliphatic rings. The number of carbonyl (C=O) groups is 3. The minimum atomic E-state index is -0.550. The molecule has 200 valence electrons. The van der Waals surface area contributed by atoms with E-state index in [4.69, 9.17) is 0 Å². The first-order chi connectivity index (χ1) is 19.6. The minimum Gasteiger partial charge on any atom is -0.334 e. The van der Waals surface area contributed by atoms with E-state index in [2.05, 4.69) is 5.32 Å². The second-order valence-corrected chi connectivity index (χ2v) is 10.1. The maximum absolute atomic E-state index is 14.1. The maximum atomic E-state index is 14.1. The van der Waals surface area contributed by atoms with Crippen molar-refractivity contribution in [2.45, 2.75) is 25.9 Å². The predicted molar refractivity (Wildman–Crippen MR) is 157 cm³/mol. The number of amides is 2. The summed E-state index contributed by atoms with van der Waals surface area (Å²) in [7, 11) is 0. The Morgan fingerprint density at radius 2 is 1.12 bits per heavy atom. The zero-order chi connectivity index (χ0) is 27.7. The van der Waals surface area contributed by atoms with Crippen LogP contribution >= 0.6 is 0 Å². The van der Waals surface area contributed by atoms with Crippen molar-refractivity contribution in [1.82, 2.24) is 4.90 Å². The Balaban J connectivity index is 1.38. The number of para-hydroxylation sites is 1. The molecule has 0 saturated carbocycles.